The first-order valence-corrected chi connectivity index (χ1v) is 10.1. The highest BCUT2D eigenvalue weighted by molar-refractivity contribution is 7.13. The molecule has 1 atom stereocenters. The number of carbonyl (C=O) groups excluding carboxylic acids is 1. The Labute approximate surface area is 182 Å². The van der Waals surface area contributed by atoms with Gasteiger partial charge in [-0.1, -0.05) is 30.3 Å². The minimum Gasteiger partial charge on any atom is -0.375 e. The van der Waals surface area contributed by atoms with Gasteiger partial charge < -0.3 is 21.3 Å². The van der Waals surface area contributed by atoms with Gasteiger partial charge in [-0.25, -0.2) is 4.98 Å². The molecule has 4 N–H and O–H groups in total. The van der Waals surface area contributed by atoms with Crippen LogP contribution in [0.2, 0.25) is 0 Å². The molecule has 2 aliphatic rings. The molecule has 0 aliphatic carbocycles. The van der Waals surface area contributed by atoms with Gasteiger partial charge in [0, 0.05) is 43.5 Å². The van der Waals surface area contributed by atoms with Gasteiger partial charge >= 0.3 is 0 Å². The Morgan fingerprint density at radius 2 is 1.89 bits per heavy atom. The Morgan fingerprint density at radius 3 is 2.46 bits per heavy atom. The number of piperidine rings is 1. The van der Waals surface area contributed by atoms with E-state index in [0.29, 0.717) is 11.7 Å². The van der Waals surface area contributed by atoms with E-state index in [1.807, 2.05) is 11.0 Å². The lowest BCUT2D eigenvalue weighted by Crippen LogP contribution is -2.58. The summed E-state index contributed by atoms with van der Waals surface area (Å²) in [5.41, 5.74) is 8.06. The number of anilines is 1. The summed E-state index contributed by atoms with van der Waals surface area (Å²) in [4.78, 5) is 19.4. The molecule has 6 nitrogen and oxygen atoms in total. The summed E-state index contributed by atoms with van der Waals surface area (Å²) in [6.07, 6.45) is 1.73. The van der Waals surface area contributed by atoms with Crippen molar-refractivity contribution in [1.29, 1.82) is 0 Å². The van der Waals surface area contributed by atoms with Crippen molar-refractivity contribution in [2.24, 2.45) is 0 Å². The Morgan fingerprint density at radius 1 is 1.18 bits per heavy atom. The summed E-state index contributed by atoms with van der Waals surface area (Å²) in [7, 11) is 0. The molecule has 28 heavy (non-hydrogen) atoms. The number of halogens is 2. The van der Waals surface area contributed by atoms with Crippen LogP contribution in [0, 0.1) is 0 Å². The zero-order chi connectivity index (χ0) is 18.0. The third-order valence-electron chi connectivity index (χ3n) is 5.61. The van der Waals surface area contributed by atoms with Crippen molar-refractivity contribution in [3.63, 3.8) is 0 Å². The third kappa shape index (κ3) is 4.44. The third-order valence-corrected chi connectivity index (χ3v) is 6.28. The minimum atomic E-state index is -0.162. The first-order valence-electron chi connectivity index (χ1n) is 9.19. The van der Waals surface area contributed by atoms with Crippen LogP contribution in [0.3, 0.4) is 0 Å². The Balaban J connectivity index is 0.00000140. The normalized spacial score (nSPS) is 21.3. The molecule has 1 aromatic heterocycles. The lowest BCUT2D eigenvalue weighted by molar-refractivity contribution is -0.135. The van der Waals surface area contributed by atoms with Crippen LogP contribution in [0.5, 0.6) is 0 Å². The van der Waals surface area contributed by atoms with Gasteiger partial charge in [-0.05, 0) is 18.4 Å². The Kier molecular flexibility index (Phi) is 8.09. The molecular formula is C19H27Cl2N5OS. The number of hydrogen-bond donors (Lipinski definition) is 3. The first-order chi connectivity index (χ1) is 12.7. The molecule has 2 saturated heterocycles. The summed E-state index contributed by atoms with van der Waals surface area (Å²) >= 11 is 1.49. The van der Waals surface area contributed by atoms with E-state index in [-0.39, 0.29) is 42.2 Å². The van der Waals surface area contributed by atoms with Crippen LogP contribution in [0.1, 0.15) is 24.1 Å². The topological polar surface area (TPSA) is 83.3 Å². The van der Waals surface area contributed by atoms with E-state index in [2.05, 4.69) is 45.3 Å². The maximum Gasteiger partial charge on any atom is 0.241 e. The highest BCUT2D eigenvalue weighted by atomic mass is 35.5. The van der Waals surface area contributed by atoms with Crippen molar-refractivity contribution >= 4 is 47.2 Å². The van der Waals surface area contributed by atoms with Crippen molar-refractivity contribution in [3.05, 3.63) is 47.0 Å². The molecule has 1 amide bonds. The number of nitrogen functional groups attached to an aromatic ring is 1. The average molecular weight is 444 g/mol. The van der Waals surface area contributed by atoms with Gasteiger partial charge in [-0.15, -0.1) is 36.2 Å². The zero-order valence-corrected chi connectivity index (χ0v) is 18.0. The molecule has 1 aromatic carbocycles. The second-order valence-corrected chi connectivity index (χ2v) is 7.94. The Hall–Kier alpha value is -1.38. The molecule has 2 aromatic rings. The predicted molar refractivity (Wildman–Crippen MR) is 119 cm³/mol. The highest BCUT2D eigenvalue weighted by Crippen LogP contribution is 2.42. The van der Waals surface area contributed by atoms with Gasteiger partial charge in [0.25, 0.3) is 0 Å². The van der Waals surface area contributed by atoms with Gasteiger partial charge in [-0.2, -0.15) is 0 Å². The number of rotatable bonds is 3. The number of piperazine rings is 1. The number of thiazole rings is 1. The summed E-state index contributed by atoms with van der Waals surface area (Å²) in [6.45, 7) is 3.96. The second-order valence-electron chi connectivity index (χ2n) is 7.06. The summed E-state index contributed by atoms with van der Waals surface area (Å²) in [5.74, 6) is 0.205. The molecule has 2 aliphatic heterocycles. The lowest BCUT2D eigenvalue weighted by Gasteiger charge is -2.42. The van der Waals surface area contributed by atoms with Gasteiger partial charge in [0.15, 0.2) is 5.13 Å². The largest absolute Gasteiger partial charge is 0.375 e. The molecule has 2 fully saturated rings. The lowest BCUT2D eigenvalue weighted by atomic mass is 9.70. The number of carbonyl (C=O) groups is 1. The van der Waals surface area contributed by atoms with E-state index in [1.54, 1.807) is 0 Å². The van der Waals surface area contributed by atoms with Crippen molar-refractivity contribution < 1.29 is 4.79 Å². The zero-order valence-electron chi connectivity index (χ0n) is 15.6. The summed E-state index contributed by atoms with van der Waals surface area (Å²) in [5, 5.41) is 9.29. The number of nitrogens with zero attached hydrogens (tertiary/aromatic N) is 2. The van der Waals surface area contributed by atoms with Crippen LogP contribution >= 0.6 is 36.2 Å². The van der Waals surface area contributed by atoms with Crippen molar-refractivity contribution in [1.82, 2.24) is 20.5 Å². The van der Waals surface area contributed by atoms with Crippen LogP contribution in [-0.2, 0) is 10.2 Å². The molecule has 4 rings (SSSR count). The highest BCUT2D eigenvalue weighted by Gasteiger charge is 2.41. The van der Waals surface area contributed by atoms with Crippen molar-refractivity contribution in [2.75, 3.05) is 38.5 Å². The molecule has 9 heteroatoms. The van der Waals surface area contributed by atoms with E-state index >= 15 is 0 Å². The van der Waals surface area contributed by atoms with Crippen LogP contribution in [-0.4, -0.2) is 54.6 Å². The van der Waals surface area contributed by atoms with Crippen LogP contribution in [0.4, 0.5) is 5.13 Å². The molecular weight excluding hydrogens is 417 g/mol. The second kappa shape index (κ2) is 9.89. The van der Waals surface area contributed by atoms with Gasteiger partial charge in [0.1, 0.15) is 0 Å². The van der Waals surface area contributed by atoms with Crippen molar-refractivity contribution in [2.45, 2.75) is 24.3 Å². The first kappa shape index (κ1) is 22.9. The number of likely N-dealkylation sites (tertiary alicyclic amines) is 1. The minimum absolute atomic E-state index is 0. The Bertz CT molecular complexity index is 759. The van der Waals surface area contributed by atoms with Crippen LogP contribution < -0.4 is 16.4 Å². The van der Waals surface area contributed by atoms with Crippen LogP contribution in [0.15, 0.2) is 35.7 Å². The van der Waals surface area contributed by atoms with Gasteiger partial charge in [-0.3, -0.25) is 4.79 Å². The fraction of sp³-hybridized carbons (Fsp3) is 0.474. The fourth-order valence-corrected chi connectivity index (χ4v) is 4.78. The van der Waals surface area contributed by atoms with E-state index in [1.165, 1.54) is 16.9 Å². The average Bonchev–Trinajstić information content (AvgIpc) is 3.16. The van der Waals surface area contributed by atoms with Gasteiger partial charge in [0.2, 0.25) is 5.91 Å². The standard InChI is InChI=1S/C19H25N5OS.2ClH/c20-18-23-16(13-26-18)19(14-4-2-1-3-5-14)6-10-24(11-7-19)17(25)15-12-21-8-9-22-15;;/h1-5,13,15,21-22H,6-12H2,(H2,20,23);2*1H/t15-;;/m0../s1. The number of nitrogens with one attached hydrogen (secondary N) is 2. The molecule has 0 radical (unpaired) electrons. The quantitative estimate of drug-likeness (QED) is 0.675. The molecule has 154 valence electrons. The van der Waals surface area contributed by atoms with E-state index in [0.717, 1.165) is 44.7 Å². The molecule has 3 heterocycles. The number of amides is 1. The van der Waals surface area contributed by atoms with Gasteiger partial charge in [0.05, 0.1) is 11.7 Å². The SMILES string of the molecule is Cl.Cl.Nc1nc(C2(c3ccccc3)CCN(C(=O)[C@@H]3CNCCN3)CC2)cs1. The molecule has 0 bridgehead atoms. The summed E-state index contributed by atoms with van der Waals surface area (Å²) < 4.78 is 0. The summed E-state index contributed by atoms with van der Waals surface area (Å²) in [6, 6.07) is 10.4. The monoisotopic (exact) mass is 443 g/mol. The van der Waals surface area contributed by atoms with Crippen LogP contribution in [0.25, 0.3) is 0 Å². The molecule has 0 unspecified atom stereocenters. The van der Waals surface area contributed by atoms with E-state index < -0.39 is 0 Å². The molecule has 0 spiro atoms. The van der Waals surface area contributed by atoms with Crippen molar-refractivity contribution in [3.8, 4) is 0 Å². The fourth-order valence-electron chi connectivity index (χ4n) is 4.11. The van der Waals surface area contributed by atoms with E-state index in [9.17, 15) is 4.79 Å². The number of aromatic nitrogens is 1. The number of benzene rings is 1. The number of nitrogens with two attached hydrogens (primary N) is 1. The smallest absolute Gasteiger partial charge is 0.241 e. The molecule has 0 saturated carbocycles. The predicted octanol–water partition coefficient (Wildman–Crippen LogP) is 2.04. The van der Waals surface area contributed by atoms with E-state index in [4.69, 9.17) is 5.73 Å². The number of hydrogen-bond acceptors (Lipinski definition) is 6. The maximum atomic E-state index is 12.8. The maximum absolute atomic E-state index is 12.8.